The Hall–Kier alpha value is -1.09. The Kier molecular flexibility index (Phi) is 5.50. The molecule has 1 amide bonds. The Morgan fingerprint density at radius 3 is 2.61 bits per heavy atom. The van der Waals surface area contributed by atoms with Crippen LogP contribution in [-0.2, 0) is 9.59 Å². The molecule has 3 N–H and O–H groups in total. The predicted octanol–water partition coefficient (Wildman–Crippen LogP) is 0.946. The van der Waals surface area contributed by atoms with Gasteiger partial charge in [-0.3, -0.25) is 4.79 Å². The van der Waals surface area contributed by atoms with Crippen molar-refractivity contribution < 1.29 is 19.8 Å². The first kappa shape index (κ1) is 20.2. The molecule has 28 heavy (non-hydrogen) atoms. The molecule has 0 spiro atoms. The van der Waals surface area contributed by atoms with Crippen LogP contribution in [0.5, 0.6) is 0 Å². The maximum Gasteiger partial charge on any atom is 0.353 e. The van der Waals surface area contributed by atoms with Gasteiger partial charge in [0.2, 0.25) is 5.91 Å². The van der Waals surface area contributed by atoms with Crippen molar-refractivity contribution in [3.63, 3.8) is 0 Å². The van der Waals surface area contributed by atoms with Crippen LogP contribution in [0.1, 0.15) is 33.1 Å². The molecule has 0 aromatic rings. The van der Waals surface area contributed by atoms with Gasteiger partial charge < -0.3 is 25.3 Å². The van der Waals surface area contributed by atoms with Gasteiger partial charge in [0.05, 0.1) is 18.1 Å². The topological polar surface area (TPSA) is 93.1 Å². The number of hydrogen-bond acceptors (Lipinski definition) is 6. The maximum atomic E-state index is 12.5. The highest BCUT2D eigenvalue weighted by molar-refractivity contribution is 8.03. The van der Waals surface area contributed by atoms with Crippen molar-refractivity contribution in [2.24, 2.45) is 17.8 Å². The van der Waals surface area contributed by atoms with Gasteiger partial charge in [0, 0.05) is 28.7 Å². The zero-order valence-electron chi connectivity index (χ0n) is 16.8. The summed E-state index contributed by atoms with van der Waals surface area (Å²) in [6.07, 6.45) is 2.72. The number of fused-ring (bicyclic) bond motifs is 1. The predicted molar refractivity (Wildman–Crippen MR) is 108 cm³/mol. The summed E-state index contributed by atoms with van der Waals surface area (Å²) in [5.74, 6) is -1.13. The zero-order chi connectivity index (χ0) is 20.2. The standard InChI is InChI=1S/C20H31N3O4S/c1-10-16-15(11(2)24)19(25)23(16)17(20(26)27)18(10)28-13-8-14(21-9-13)12-4-6-22(3)7-5-12/h10-16,21,24H,4-9H2,1-3H3,(H,26,27)/t10-,11-,13+,14+,15+,16-/m1/s1. The number of aliphatic carboxylic acids is 1. The van der Waals surface area contributed by atoms with Gasteiger partial charge in [0.25, 0.3) is 0 Å². The van der Waals surface area contributed by atoms with E-state index in [4.69, 9.17) is 0 Å². The number of carbonyl (C=O) groups is 2. The minimum absolute atomic E-state index is 0.0456. The highest BCUT2D eigenvalue weighted by atomic mass is 32.2. The minimum Gasteiger partial charge on any atom is -0.477 e. The van der Waals surface area contributed by atoms with E-state index in [-0.39, 0.29) is 23.6 Å². The van der Waals surface area contributed by atoms with Crippen LogP contribution in [-0.4, -0.2) is 82.0 Å². The van der Waals surface area contributed by atoms with Crippen LogP contribution in [0.2, 0.25) is 0 Å². The van der Waals surface area contributed by atoms with Gasteiger partial charge >= 0.3 is 5.97 Å². The van der Waals surface area contributed by atoms with E-state index in [1.807, 2.05) is 6.92 Å². The number of nitrogens with one attached hydrogen (secondary N) is 1. The molecule has 4 aliphatic rings. The first-order valence-electron chi connectivity index (χ1n) is 10.4. The van der Waals surface area contributed by atoms with Crippen molar-refractivity contribution in [2.75, 3.05) is 26.7 Å². The summed E-state index contributed by atoms with van der Waals surface area (Å²) in [5.41, 5.74) is 0.146. The van der Waals surface area contributed by atoms with Crippen LogP contribution >= 0.6 is 11.8 Å². The second-order valence-electron chi connectivity index (χ2n) is 8.90. The lowest BCUT2D eigenvalue weighted by Crippen LogP contribution is -2.63. The number of carboxylic acid groups (broad SMARTS) is 1. The zero-order valence-corrected chi connectivity index (χ0v) is 17.6. The number of amides is 1. The lowest BCUT2D eigenvalue weighted by molar-refractivity contribution is -0.163. The Balaban J connectivity index is 1.45. The second kappa shape index (κ2) is 7.63. The molecule has 4 heterocycles. The molecule has 0 aromatic carbocycles. The van der Waals surface area contributed by atoms with E-state index >= 15 is 0 Å². The van der Waals surface area contributed by atoms with E-state index in [0.717, 1.165) is 31.0 Å². The summed E-state index contributed by atoms with van der Waals surface area (Å²) in [6, 6.07) is 0.279. The van der Waals surface area contributed by atoms with Gasteiger partial charge in [0.1, 0.15) is 5.70 Å². The number of aliphatic hydroxyl groups excluding tert-OH is 1. The number of aliphatic hydroxyl groups is 1. The molecule has 6 atom stereocenters. The van der Waals surface area contributed by atoms with E-state index in [9.17, 15) is 19.8 Å². The number of nitrogens with zero attached hydrogens (tertiary/aromatic N) is 2. The maximum absolute atomic E-state index is 12.5. The van der Waals surface area contributed by atoms with Crippen molar-refractivity contribution in [1.29, 1.82) is 0 Å². The van der Waals surface area contributed by atoms with Crippen LogP contribution in [0, 0.1) is 17.8 Å². The Labute approximate surface area is 170 Å². The van der Waals surface area contributed by atoms with Crippen molar-refractivity contribution >= 4 is 23.6 Å². The van der Waals surface area contributed by atoms with E-state index < -0.39 is 18.0 Å². The number of carbonyl (C=O) groups excluding carboxylic acids is 1. The van der Waals surface area contributed by atoms with Gasteiger partial charge in [-0.05, 0) is 52.2 Å². The third kappa shape index (κ3) is 3.28. The highest BCUT2D eigenvalue weighted by Gasteiger charge is 2.60. The molecular weight excluding hydrogens is 378 g/mol. The number of rotatable bonds is 5. The van der Waals surface area contributed by atoms with Crippen LogP contribution in [0.4, 0.5) is 0 Å². The number of likely N-dealkylation sites (tertiary alicyclic amines) is 1. The molecule has 0 aromatic heterocycles. The molecule has 0 bridgehead atoms. The summed E-state index contributed by atoms with van der Waals surface area (Å²) in [6.45, 7) is 6.78. The smallest absolute Gasteiger partial charge is 0.353 e. The SMILES string of the molecule is C[C@@H](O)[C@@H]1C(=O)N2C(C(=O)O)=C(S[C@@H]3CN[C@H](C4CCN(C)CC4)C3)[C@H](C)[C@H]12. The van der Waals surface area contributed by atoms with Gasteiger partial charge in [-0.15, -0.1) is 11.8 Å². The molecule has 0 radical (unpaired) electrons. The first-order chi connectivity index (χ1) is 13.3. The monoisotopic (exact) mass is 409 g/mol. The first-order valence-corrected chi connectivity index (χ1v) is 11.2. The molecule has 4 aliphatic heterocycles. The number of carboxylic acids is 1. The molecule has 156 valence electrons. The summed E-state index contributed by atoms with van der Waals surface area (Å²) >= 11 is 1.64. The van der Waals surface area contributed by atoms with Crippen molar-refractivity contribution in [1.82, 2.24) is 15.1 Å². The van der Waals surface area contributed by atoms with E-state index in [0.29, 0.717) is 17.2 Å². The fourth-order valence-electron chi connectivity index (χ4n) is 5.47. The number of β-lactam (4-membered cyclic amide) rings is 1. The molecule has 8 heteroatoms. The van der Waals surface area contributed by atoms with Crippen molar-refractivity contribution in [3.05, 3.63) is 10.6 Å². The molecule has 0 saturated carbocycles. The van der Waals surface area contributed by atoms with Gasteiger partial charge in [-0.2, -0.15) is 0 Å². The molecule has 7 nitrogen and oxygen atoms in total. The molecule has 3 fully saturated rings. The molecule has 3 saturated heterocycles. The normalized spacial score (nSPS) is 37.9. The van der Waals surface area contributed by atoms with E-state index in [1.165, 1.54) is 17.7 Å². The number of piperidine rings is 1. The van der Waals surface area contributed by atoms with Crippen LogP contribution < -0.4 is 5.32 Å². The minimum atomic E-state index is -1.04. The summed E-state index contributed by atoms with van der Waals surface area (Å²) in [7, 11) is 2.17. The molecule has 4 rings (SSSR count). The lowest BCUT2D eigenvalue weighted by Gasteiger charge is -2.46. The summed E-state index contributed by atoms with van der Waals surface area (Å²) in [4.78, 5) is 29.0. The van der Waals surface area contributed by atoms with Crippen LogP contribution in [0.3, 0.4) is 0 Å². The lowest BCUT2D eigenvalue weighted by atomic mass is 9.79. The van der Waals surface area contributed by atoms with Crippen LogP contribution in [0.25, 0.3) is 0 Å². The molecule has 0 aliphatic carbocycles. The average molecular weight is 410 g/mol. The van der Waals surface area contributed by atoms with Crippen molar-refractivity contribution in [3.8, 4) is 0 Å². The third-order valence-electron chi connectivity index (χ3n) is 7.06. The Bertz CT molecular complexity index is 689. The number of hydrogen-bond donors (Lipinski definition) is 3. The molecule has 0 unspecified atom stereocenters. The van der Waals surface area contributed by atoms with Crippen LogP contribution in [0.15, 0.2) is 10.6 Å². The fourth-order valence-corrected chi connectivity index (χ4v) is 6.96. The van der Waals surface area contributed by atoms with Gasteiger partial charge in [-0.25, -0.2) is 4.79 Å². The summed E-state index contributed by atoms with van der Waals surface area (Å²) in [5, 5.41) is 23.7. The quantitative estimate of drug-likeness (QED) is 0.582. The third-order valence-corrected chi connectivity index (χ3v) is 8.57. The fraction of sp³-hybridized carbons (Fsp3) is 0.800. The van der Waals surface area contributed by atoms with Gasteiger partial charge in [0.15, 0.2) is 0 Å². The summed E-state index contributed by atoms with van der Waals surface area (Å²) < 4.78 is 0. The van der Waals surface area contributed by atoms with E-state index in [1.54, 1.807) is 18.7 Å². The average Bonchev–Trinajstić information content (AvgIpc) is 3.18. The van der Waals surface area contributed by atoms with Crippen molar-refractivity contribution in [2.45, 2.75) is 56.5 Å². The second-order valence-corrected chi connectivity index (χ2v) is 10.2. The highest BCUT2D eigenvalue weighted by Crippen LogP contribution is 2.52. The molecular formula is C20H31N3O4S. The van der Waals surface area contributed by atoms with Gasteiger partial charge in [-0.1, -0.05) is 6.92 Å². The largest absolute Gasteiger partial charge is 0.477 e. The Morgan fingerprint density at radius 1 is 1.32 bits per heavy atom. The number of thioether (sulfide) groups is 1. The van der Waals surface area contributed by atoms with E-state index in [2.05, 4.69) is 17.3 Å². The Morgan fingerprint density at radius 2 is 2.00 bits per heavy atom.